The van der Waals surface area contributed by atoms with Crippen molar-refractivity contribution in [1.82, 2.24) is 9.78 Å². The molecule has 0 fully saturated rings. The number of nitrogens with zero attached hydrogens (tertiary/aromatic N) is 2. The third-order valence-electron chi connectivity index (χ3n) is 3.20. The number of aromatic nitrogens is 2. The second-order valence-corrected chi connectivity index (χ2v) is 5.30. The van der Waals surface area contributed by atoms with E-state index in [4.69, 9.17) is 0 Å². The molecule has 3 aromatic rings. The van der Waals surface area contributed by atoms with Crippen LogP contribution in [0.15, 0.2) is 52.3 Å². The lowest BCUT2D eigenvalue weighted by Crippen LogP contribution is -1.90. The van der Waals surface area contributed by atoms with Crippen LogP contribution in [-0.4, -0.2) is 9.78 Å². The van der Waals surface area contributed by atoms with Crippen LogP contribution in [0.25, 0.3) is 22.2 Å². The first kappa shape index (κ1) is 9.31. The molecule has 3 heteroatoms. The fraction of sp³-hybridized carbons (Fsp3) is 0.0714. The number of hydrogen-bond acceptors (Lipinski definition) is 2. The van der Waals surface area contributed by atoms with E-state index < -0.39 is 0 Å². The van der Waals surface area contributed by atoms with Gasteiger partial charge in [-0.05, 0) is 18.2 Å². The Morgan fingerprint density at radius 2 is 1.82 bits per heavy atom. The van der Waals surface area contributed by atoms with Crippen LogP contribution in [0.3, 0.4) is 0 Å². The van der Waals surface area contributed by atoms with Crippen LogP contribution in [0.1, 0.15) is 0 Å². The van der Waals surface area contributed by atoms with Crippen molar-refractivity contribution in [3.05, 3.63) is 42.5 Å². The quantitative estimate of drug-likeness (QED) is 0.465. The zero-order chi connectivity index (χ0) is 11.4. The minimum absolute atomic E-state index is 1.12. The van der Waals surface area contributed by atoms with Crippen molar-refractivity contribution in [2.24, 2.45) is 7.05 Å². The van der Waals surface area contributed by atoms with Gasteiger partial charge in [-0.3, -0.25) is 4.68 Å². The Morgan fingerprint density at radius 3 is 2.76 bits per heavy atom. The maximum Gasteiger partial charge on any atom is 0.102 e. The lowest BCUT2D eigenvalue weighted by atomic mass is 10.1. The molecular formula is C14H10N2S. The minimum atomic E-state index is 1.12. The van der Waals surface area contributed by atoms with Crippen molar-refractivity contribution in [3.63, 3.8) is 0 Å². The summed E-state index contributed by atoms with van der Waals surface area (Å²) in [6.07, 6.45) is 0. The maximum absolute atomic E-state index is 4.66. The highest BCUT2D eigenvalue weighted by molar-refractivity contribution is 7.99. The number of benzene rings is 2. The second kappa shape index (κ2) is 3.14. The predicted octanol–water partition coefficient (Wildman–Crippen LogP) is 3.70. The van der Waals surface area contributed by atoms with Gasteiger partial charge in [0, 0.05) is 27.8 Å². The molecule has 1 aliphatic heterocycles. The Bertz CT molecular complexity index is 743. The molecule has 0 N–H and O–H groups in total. The van der Waals surface area contributed by atoms with Gasteiger partial charge in [-0.15, -0.1) is 0 Å². The van der Waals surface area contributed by atoms with Gasteiger partial charge in [-0.2, -0.15) is 5.10 Å². The maximum atomic E-state index is 4.66. The molecule has 2 nitrogen and oxygen atoms in total. The van der Waals surface area contributed by atoms with Crippen LogP contribution >= 0.6 is 11.8 Å². The van der Waals surface area contributed by atoms with Gasteiger partial charge in [0.05, 0.1) is 5.52 Å². The molecule has 1 aliphatic rings. The SMILES string of the molecule is Cn1nc2c3c(cccc31)Sc1ccccc1-2. The number of rotatable bonds is 0. The molecule has 2 aromatic carbocycles. The Kier molecular flexibility index (Phi) is 1.72. The van der Waals surface area contributed by atoms with E-state index in [1.165, 1.54) is 26.3 Å². The topological polar surface area (TPSA) is 17.8 Å². The summed E-state index contributed by atoms with van der Waals surface area (Å²) in [6, 6.07) is 14.9. The average Bonchev–Trinajstić information content (AvgIpc) is 2.70. The predicted molar refractivity (Wildman–Crippen MR) is 70.3 cm³/mol. The van der Waals surface area contributed by atoms with Crippen molar-refractivity contribution in [2.75, 3.05) is 0 Å². The molecule has 0 aliphatic carbocycles. The van der Waals surface area contributed by atoms with Crippen molar-refractivity contribution in [1.29, 1.82) is 0 Å². The molecule has 0 atom stereocenters. The summed E-state index contributed by atoms with van der Waals surface area (Å²) in [4.78, 5) is 2.61. The summed E-state index contributed by atoms with van der Waals surface area (Å²) in [5.41, 5.74) is 3.58. The summed E-state index contributed by atoms with van der Waals surface area (Å²) in [5.74, 6) is 0. The fourth-order valence-corrected chi connectivity index (χ4v) is 3.53. The number of hydrogen-bond donors (Lipinski definition) is 0. The summed E-state index contributed by atoms with van der Waals surface area (Å²) >= 11 is 1.83. The third-order valence-corrected chi connectivity index (χ3v) is 4.34. The second-order valence-electron chi connectivity index (χ2n) is 4.22. The molecular weight excluding hydrogens is 228 g/mol. The van der Waals surface area contributed by atoms with E-state index in [1.54, 1.807) is 0 Å². The minimum Gasteiger partial charge on any atom is -0.267 e. The lowest BCUT2D eigenvalue weighted by Gasteiger charge is -2.14. The first-order valence-electron chi connectivity index (χ1n) is 5.57. The van der Waals surface area contributed by atoms with Crippen LogP contribution in [0.5, 0.6) is 0 Å². The first-order chi connectivity index (χ1) is 8.34. The molecule has 0 bridgehead atoms. The van der Waals surface area contributed by atoms with Gasteiger partial charge in [0.25, 0.3) is 0 Å². The van der Waals surface area contributed by atoms with E-state index in [9.17, 15) is 0 Å². The number of fused-ring (bicyclic) bond motifs is 2. The fourth-order valence-electron chi connectivity index (χ4n) is 2.42. The summed E-state index contributed by atoms with van der Waals surface area (Å²) in [7, 11) is 2.01. The van der Waals surface area contributed by atoms with Gasteiger partial charge in [0.15, 0.2) is 0 Å². The standard InChI is InChI=1S/C14H10N2S/c1-16-10-6-4-8-12-13(10)14(15-16)9-5-2-3-7-11(9)17-12/h2-8H,1H3. The van der Waals surface area contributed by atoms with Gasteiger partial charge in [0.1, 0.15) is 5.69 Å². The molecule has 0 spiro atoms. The molecule has 0 amide bonds. The van der Waals surface area contributed by atoms with Gasteiger partial charge in [-0.1, -0.05) is 36.0 Å². The van der Waals surface area contributed by atoms with Crippen LogP contribution in [0, 0.1) is 0 Å². The Balaban J connectivity index is 2.22. The summed E-state index contributed by atoms with van der Waals surface area (Å²) in [5, 5.41) is 5.96. The molecule has 2 heterocycles. The Labute approximate surface area is 103 Å². The normalized spacial score (nSPS) is 12.8. The zero-order valence-electron chi connectivity index (χ0n) is 9.34. The van der Waals surface area contributed by atoms with E-state index in [-0.39, 0.29) is 0 Å². The van der Waals surface area contributed by atoms with Crippen molar-refractivity contribution in [2.45, 2.75) is 9.79 Å². The van der Waals surface area contributed by atoms with E-state index >= 15 is 0 Å². The number of aryl methyl sites for hydroxylation is 1. The van der Waals surface area contributed by atoms with Crippen LogP contribution in [0.2, 0.25) is 0 Å². The highest BCUT2D eigenvalue weighted by atomic mass is 32.2. The molecule has 0 saturated heterocycles. The molecule has 0 unspecified atom stereocenters. The van der Waals surface area contributed by atoms with Crippen molar-refractivity contribution >= 4 is 22.7 Å². The molecule has 0 radical (unpaired) electrons. The van der Waals surface area contributed by atoms with Crippen LogP contribution in [-0.2, 0) is 7.05 Å². The zero-order valence-corrected chi connectivity index (χ0v) is 10.2. The highest BCUT2D eigenvalue weighted by Gasteiger charge is 2.21. The average molecular weight is 238 g/mol. The highest BCUT2D eigenvalue weighted by Crippen LogP contribution is 2.46. The molecule has 4 rings (SSSR count). The summed E-state index contributed by atoms with van der Waals surface area (Å²) in [6.45, 7) is 0. The molecule has 0 saturated carbocycles. The molecule has 1 aromatic heterocycles. The van der Waals surface area contributed by atoms with Gasteiger partial charge in [0.2, 0.25) is 0 Å². The van der Waals surface area contributed by atoms with Crippen molar-refractivity contribution in [3.8, 4) is 11.3 Å². The van der Waals surface area contributed by atoms with Gasteiger partial charge < -0.3 is 0 Å². The van der Waals surface area contributed by atoms with E-state index in [1.807, 2.05) is 23.5 Å². The monoisotopic (exact) mass is 238 g/mol. The van der Waals surface area contributed by atoms with E-state index in [0.717, 1.165) is 5.69 Å². The van der Waals surface area contributed by atoms with Gasteiger partial charge in [-0.25, -0.2) is 0 Å². The van der Waals surface area contributed by atoms with Gasteiger partial charge >= 0.3 is 0 Å². The lowest BCUT2D eigenvalue weighted by molar-refractivity contribution is 0.800. The smallest absolute Gasteiger partial charge is 0.102 e. The largest absolute Gasteiger partial charge is 0.267 e. The Morgan fingerprint density at radius 1 is 1.00 bits per heavy atom. The first-order valence-corrected chi connectivity index (χ1v) is 6.39. The third kappa shape index (κ3) is 1.15. The summed E-state index contributed by atoms with van der Waals surface area (Å²) < 4.78 is 1.97. The van der Waals surface area contributed by atoms with Crippen molar-refractivity contribution < 1.29 is 0 Å². The van der Waals surface area contributed by atoms with E-state index in [0.29, 0.717) is 0 Å². The van der Waals surface area contributed by atoms with Crippen LogP contribution < -0.4 is 0 Å². The van der Waals surface area contributed by atoms with Crippen LogP contribution in [0.4, 0.5) is 0 Å². The molecule has 17 heavy (non-hydrogen) atoms. The van der Waals surface area contributed by atoms with E-state index in [2.05, 4.69) is 47.6 Å². The Hall–Kier alpha value is -1.74. The molecule has 82 valence electrons.